The van der Waals surface area contributed by atoms with Gasteiger partial charge in [-0.3, -0.25) is 4.79 Å². The number of carbonyl (C=O) groups is 1. The second kappa shape index (κ2) is 8.45. The molecule has 134 valence electrons. The lowest BCUT2D eigenvalue weighted by Crippen LogP contribution is -2.25. The number of amides is 1. The van der Waals surface area contributed by atoms with Gasteiger partial charge in [0.2, 0.25) is 5.91 Å². The van der Waals surface area contributed by atoms with Crippen molar-refractivity contribution in [3.63, 3.8) is 0 Å². The average molecular weight is 384 g/mol. The van der Waals surface area contributed by atoms with Crippen molar-refractivity contribution in [1.29, 1.82) is 0 Å². The van der Waals surface area contributed by atoms with E-state index >= 15 is 0 Å². The van der Waals surface area contributed by atoms with Crippen molar-refractivity contribution in [2.24, 2.45) is 0 Å². The second-order valence-corrected chi connectivity index (χ2v) is 8.43. The Morgan fingerprint density at radius 2 is 1.84 bits per heavy atom. The Hall–Kier alpha value is -1.92. The number of halogens is 2. The minimum atomic E-state index is -3.52. The smallest absolute Gasteiger partial charge is 0.221 e. The minimum Gasteiger partial charge on any atom is -0.352 e. The first kappa shape index (κ1) is 19.4. The van der Waals surface area contributed by atoms with Crippen molar-refractivity contribution < 1.29 is 17.6 Å². The molecule has 0 aromatic heterocycles. The molecule has 0 aliphatic carbocycles. The van der Waals surface area contributed by atoms with Crippen LogP contribution >= 0.6 is 11.6 Å². The first-order valence-corrected chi connectivity index (χ1v) is 9.92. The van der Waals surface area contributed by atoms with E-state index in [9.17, 15) is 17.6 Å². The third-order valence-electron chi connectivity index (χ3n) is 3.64. The van der Waals surface area contributed by atoms with Gasteiger partial charge in [-0.05, 0) is 30.2 Å². The Labute approximate surface area is 151 Å². The number of hydrogen-bond acceptors (Lipinski definition) is 3. The molecule has 0 aliphatic heterocycles. The Balaban J connectivity index is 1.84. The molecule has 1 N–H and O–H groups in total. The summed E-state index contributed by atoms with van der Waals surface area (Å²) in [6, 6.07) is 11.3. The molecule has 0 bridgehead atoms. The molecular weight excluding hydrogens is 365 g/mol. The van der Waals surface area contributed by atoms with E-state index in [1.807, 2.05) is 31.2 Å². The minimum absolute atomic E-state index is 0.0624. The van der Waals surface area contributed by atoms with Crippen LogP contribution in [0, 0.1) is 12.7 Å². The molecule has 0 atom stereocenters. The normalized spacial score (nSPS) is 11.3. The van der Waals surface area contributed by atoms with Crippen LogP contribution in [-0.4, -0.2) is 20.1 Å². The lowest BCUT2D eigenvalue weighted by atomic mass is 10.1. The quantitative estimate of drug-likeness (QED) is 0.796. The maximum Gasteiger partial charge on any atom is 0.221 e. The molecule has 0 unspecified atom stereocenters. The predicted molar refractivity (Wildman–Crippen MR) is 96.5 cm³/mol. The van der Waals surface area contributed by atoms with Crippen LogP contribution < -0.4 is 5.32 Å². The standard InChI is InChI=1S/C18H19ClFNO3S/c1-13-2-4-14(5-3-13)11-21-18(22)8-9-25(23,24)12-15-6-7-16(20)10-17(15)19/h2-7,10H,8-9,11-12H2,1H3,(H,21,22). The van der Waals surface area contributed by atoms with E-state index < -0.39 is 15.7 Å². The van der Waals surface area contributed by atoms with Gasteiger partial charge in [0.1, 0.15) is 5.82 Å². The lowest BCUT2D eigenvalue weighted by Gasteiger charge is -2.08. The SMILES string of the molecule is Cc1ccc(CNC(=O)CCS(=O)(=O)Cc2ccc(F)cc2Cl)cc1. The van der Waals surface area contributed by atoms with Crippen LogP contribution in [0.25, 0.3) is 0 Å². The largest absolute Gasteiger partial charge is 0.352 e. The molecule has 2 rings (SSSR count). The lowest BCUT2D eigenvalue weighted by molar-refractivity contribution is -0.120. The molecule has 0 fully saturated rings. The highest BCUT2D eigenvalue weighted by Gasteiger charge is 2.16. The van der Waals surface area contributed by atoms with Crippen molar-refractivity contribution in [2.45, 2.75) is 25.6 Å². The number of sulfone groups is 1. The van der Waals surface area contributed by atoms with Crippen LogP contribution in [0.5, 0.6) is 0 Å². The Bertz CT molecular complexity index is 851. The van der Waals surface area contributed by atoms with Gasteiger partial charge in [0.15, 0.2) is 9.84 Å². The zero-order valence-electron chi connectivity index (χ0n) is 13.8. The molecule has 0 radical (unpaired) electrons. The van der Waals surface area contributed by atoms with Crippen LogP contribution in [0.3, 0.4) is 0 Å². The average Bonchev–Trinajstić information content (AvgIpc) is 2.55. The summed E-state index contributed by atoms with van der Waals surface area (Å²) in [5, 5.41) is 2.76. The molecule has 1 amide bonds. The molecule has 2 aromatic rings. The molecule has 0 aliphatic rings. The van der Waals surface area contributed by atoms with Crippen molar-refractivity contribution in [1.82, 2.24) is 5.32 Å². The van der Waals surface area contributed by atoms with Gasteiger partial charge in [-0.25, -0.2) is 12.8 Å². The fourth-order valence-electron chi connectivity index (χ4n) is 2.19. The third kappa shape index (κ3) is 6.48. The van der Waals surface area contributed by atoms with Gasteiger partial charge in [-0.1, -0.05) is 47.5 Å². The van der Waals surface area contributed by atoms with Crippen LogP contribution in [0.1, 0.15) is 23.1 Å². The topological polar surface area (TPSA) is 63.2 Å². The molecule has 7 heteroatoms. The summed E-state index contributed by atoms with van der Waals surface area (Å²) < 4.78 is 37.2. The summed E-state index contributed by atoms with van der Waals surface area (Å²) in [6.45, 7) is 2.32. The maximum atomic E-state index is 13.0. The first-order valence-electron chi connectivity index (χ1n) is 7.72. The second-order valence-electron chi connectivity index (χ2n) is 5.84. The fraction of sp³-hybridized carbons (Fsp3) is 0.278. The van der Waals surface area contributed by atoms with Crippen LogP contribution in [0.2, 0.25) is 5.02 Å². The summed E-state index contributed by atoms with van der Waals surface area (Å²) in [7, 11) is -3.52. The maximum absolute atomic E-state index is 13.0. The highest BCUT2D eigenvalue weighted by molar-refractivity contribution is 7.90. The zero-order valence-corrected chi connectivity index (χ0v) is 15.3. The molecule has 0 spiro atoms. The Morgan fingerprint density at radius 1 is 1.16 bits per heavy atom. The van der Waals surface area contributed by atoms with E-state index in [2.05, 4.69) is 5.32 Å². The Morgan fingerprint density at radius 3 is 2.48 bits per heavy atom. The Kier molecular flexibility index (Phi) is 6.56. The number of nitrogens with one attached hydrogen (secondary N) is 1. The van der Waals surface area contributed by atoms with Gasteiger partial charge in [0, 0.05) is 18.0 Å². The number of carbonyl (C=O) groups excluding carboxylic acids is 1. The van der Waals surface area contributed by atoms with Gasteiger partial charge in [0.05, 0.1) is 11.5 Å². The molecule has 4 nitrogen and oxygen atoms in total. The highest BCUT2D eigenvalue weighted by Crippen LogP contribution is 2.20. The van der Waals surface area contributed by atoms with Gasteiger partial charge in [-0.15, -0.1) is 0 Å². The molecule has 0 saturated heterocycles. The van der Waals surface area contributed by atoms with Gasteiger partial charge in [0.25, 0.3) is 0 Å². The monoisotopic (exact) mass is 383 g/mol. The zero-order chi connectivity index (χ0) is 18.4. The predicted octanol–water partition coefficient (Wildman–Crippen LogP) is 3.41. The van der Waals surface area contributed by atoms with E-state index in [1.165, 1.54) is 6.07 Å². The van der Waals surface area contributed by atoms with Crippen LogP contribution in [-0.2, 0) is 26.9 Å². The molecular formula is C18H19ClFNO3S. The number of benzene rings is 2. The molecule has 2 aromatic carbocycles. The van der Waals surface area contributed by atoms with Crippen molar-refractivity contribution >= 4 is 27.3 Å². The van der Waals surface area contributed by atoms with Crippen molar-refractivity contribution in [2.75, 3.05) is 5.75 Å². The van der Waals surface area contributed by atoms with Crippen molar-refractivity contribution in [3.8, 4) is 0 Å². The number of rotatable bonds is 7. The molecule has 0 saturated carbocycles. The summed E-state index contributed by atoms with van der Waals surface area (Å²) >= 11 is 5.84. The van der Waals surface area contributed by atoms with Gasteiger partial charge < -0.3 is 5.32 Å². The van der Waals surface area contributed by atoms with E-state index in [1.54, 1.807) is 0 Å². The third-order valence-corrected chi connectivity index (χ3v) is 5.57. The number of aryl methyl sites for hydroxylation is 1. The van der Waals surface area contributed by atoms with E-state index in [4.69, 9.17) is 11.6 Å². The summed E-state index contributed by atoms with van der Waals surface area (Å²) in [5.41, 5.74) is 2.39. The summed E-state index contributed by atoms with van der Waals surface area (Å²) in [6.07, 6.45) is -0.132. The highest BCUT2D eigenvalue weighted by atomic mass is 35.5. The van der Waals surface area contributed by atoms with Crippen LogP contribution in [0.4, 0.5) is 4.39 Å². The van der Waals surface area contributed by atoms with Crippen molar-refractivity contribution in [3.05, 3.63) is 70.0 Å². The van der Waals surface area contributed by atoms with E-state index in [-0.39, 0.29) is 28.9 Å². The first-order chi connectivity index (χ1) is 11.7. The van der Waals surface area contributed by atoms with E-state index in [0.29, 0.717) is 12.1 Å². The van der Waals surface area contributed by atoms with Gasteiger partial charge >= 0.3 is 0 Å². The fourth-order valence-corrected chi connectivity index (χ4v) is 3.87. The van der Waals surface area contributed by atoms with Crippen LogP contribution in [0.15, 0.2) is 42.5 Å². The van der Waals surface area contributed by atoms with Gasteiger partial charge in [-0.2, -0.15) is 0 Å². The van der Waals surface area contributed by atoms with E-state index in [0.717, 1.165) is 23.3 Å². The number of hydrogen-bond donors (Lipinski definition) is 1. The molecule has 0 heterocycles. The summed E-state index contributed by atoms with van der Waals surface area (Å²) in [5.74, 6) is -1.48. The summed E-state index contributed by atoms with van der Waals surface area (Å²) in [4.78, 5) is 11.8. The molecule has 25 heavy (non-hydrogen) atoms.